The summed E-state index contributed by atoms with van der Waals surface area (Å²) in [5, 5.41) is -0.298. The molecule has 0 radical (unpaired) electrons. The van der Waals surface area contributed by atoms with Gasteiger partial charge in [0.05, 0.1) is 29.3 Å². The quantitative estimate of drug-likeness (QED) is 0.484. The Kier molecular flexibility index (Phi) is 6.15. The molecule has 0 aliphatic carbocycles. The van der Waals surface area contributed by atoms with Gasteiger partial charge in [-0.05, 0) is 46.6 Å². The molecule has 0 atom stereocenters. The molecule has 0 amide bonds. The van der Waals surface area contributed by atoms with Crippen LogP contribution in [0.5, 0.6) is 0 Å². The summed E-state index contributed by atoms with van der Waals surface area (Å²) in [5.41, 5.74) is 0.606. The molecule has 1 aromatic heterocycles. The molecule has 32 heavy (non-hydrogen) atoms. The summed E-state index contributed by atoms with van der Waals surface area (Å²) in [7, 11) is -8.14. The number of hydrogen-bond donors (Lipinski definition) is 2. The van der Waals surface area contributed by atoms with Crippen molar-refractivity contribution >= 4 is 64.4 Å². The Balaban J connectivity index is 1.74. The Hall–Kier alpha value is -1.90. The number of aryl methyl sites for hydroxylation is 1. The highest BCUT2D eigenvalue weighted by molar-refractivity contribution is 9.10. The van der Waals surface area contributed by atoms with Crippen LogP contribution in [0, 0.1) is 6.92 Å². The SMILES string of the molecule is Cc1ccc(NS(=O)(=O)c2c(Br)cc3[nH]c(=O)oc3c2Cl)cc1S(=O)(=O)N1CCOCC1. The first kappa shape index (κ1) is 23.3. The average molecular weight is 567 g/mol. The number of sulfonamides is 2. The van der Waals surface area contributed by atoms with Crippen LogP contribution >= 0.6 is 27.5 Å². The second-order valence-electron chi connectivity index (χ2n) is 6.99. The molecule has 1 aliphatic rings. The molecule has 2 heterocycles. The van der Waals surface area contributed by atoms with Crippen molar-refractivity contribution in [1.82, 2.24) is 9.29 Å². The molecule has 0 saturated carbocycles. The summed E-state index contributed by atoms with van der Waals surface area (Å²) in [6.07, 6.45) is 0. The summed E-state index contributed by atoms with van der Waals surface area (Å²) in [6, 6.07) is 5.57. The van der Waals surface area contributed by atoms with Gasteiger partial charge in [0.25, 0.3) is 10.0 Å². The molecule has 14 heteroatoms. The number of rotatable bonds is 5. The highest BCUT2D eigenvalue weighted by atomic mass is 79.9. The first-order valence-corrected chi connectivity index (χ1v) is 13.3. The smallest absolute Gasteiger partial charge is 0.406 e. The number of morpholine rings is 1. The normalized spacial score (nSPS) is 15.8. The van der Waals surface area contributed by atoms with Crippen LogP contribution in [0.4, 0.5) is 5.69 Å². The highest BCUT2D eigenvalue weighted by Gasteiger charge is 2.30. The van der Waals surface area contributed by atoms with Gasteiger partial charge in [-0.25, -0.2) is 21.6 Å². The largest absolute Gasteiger partial charge is 0.417 e. The average Bonchev–Trinajstić information content (AvgIpc) is 3.10. The van der Waals surface area contributed by atoms with E-state index in [1.54, 1.807) is 6.92 Å². The Morgan fingerprint density at radius 1 is 1.16 bits per heavy atom. The predicted molar refractivity (Wildman–Crippen MR) is 121 cm³/mol. The zero-order chi connectivity index (χ0) is 23.3. The number of nitrogens with zero attached hydrogens (tertiary/aromatic N) is 1. The van der Waals surface area contributed by atoms with Gasteiger partial charge in [-0.2, -0.15) is 4.31 Å². The Morgan fingerprint density at radius 2 is 1.84 bits per heavy atom. The number of oxazole rings is 1. The van der Waals surface area contributed by atoms with Gasteiger partial charge in [-0.3, -0.25) is 9.71 Å². The van der Waals surface area contributed by atoms with Gasteiger partial charge in [-0.15, -0.1) is 0 Å². The van der Waals surface area contributed by atoms with E-state index in [2.05, 4.69) is 25.6 Å². The van der Waals surface area contributed by atoms with Gasteiger partial charge in [0.2, 0.25) is 10.0 Å². The lowest BCUT2D eigenvalue weighted by Gasteiger charge is -2.27. The monoisotopic (exact) mass is 565 g/mol. The summed E-state index contributed by atoms with van der Waals surface area (Å²) >= 11 is 9.38. The highest BCUT2D eigenvalue weighted by Crippen LogP contribution is 2.37. The van der Waals surface area contributed by atoms with Gasteiger partial charge < -0.3 is 9.15 Å². The number of ether oxygens (including phenoxy) is 1. The molecule has 0 unspecified atom stereocenters. The summed E-state index contributed by atoms with van der Waals surface area (Å²) < 4.78 is 66.2. The second-order valence-corrected chi connectivity index (χ2v) is 11.8. The van der Waals surface area contributed by atoms with Crippen LogP contribution in [0.25, 0.3) is 11.1 Å². The van der Waals surface area contributed by atoms with Crippen molar-refractivity contribution in [2.75, 3.05) is 31.0 Å². The number of anilines is 1. The third-order valence-electron chi connectivity index (χ3n) is 4.86. The summed E-state index contributed by atoms with van der Waals surface area (Å²) in [4.78, 5) is 13.5. The van der Waals surface area contributed by atoms with Crippen molar-refractivity contribution in [3.8, 4) is 0 Å². The number of fused-ring (bicyclic) bond motifs is 1. The number of halogens is 2. The fourth-order valence-corrected chi connectivity index (χ4v) is 7.89. The van der Waals surface area contributed by atoms with Crippen molar-refractivity contribution in [3.05, 3.63) is 49.9 Å². The van der Waals surface area contributed by atoms with Crippen LogP contribution in [0.3, 0.4) is 0 Å². The number of aromatic nitrogens is 1. The van der Waals surface area contributed by atoms with Crippen molar-refractivity contribution in [3.63, 3.8) is 0 Å². The Labute approximate surface area is 196 Å². The lowest BCUT2D eigenvalue weighted by atomic mass is 10.2. The van der Waals surface area contributed by atoms with E-state index in [0.29, 0.717) is 5.56 Å². The first-order chi connectivity index (χ1) is 15.0. The zero-order valence-corrected chi connectivity index (χ0v) is 20.5. The molecular formula is C18H17BrClN3O7S2. The van der Waals surface area contributed by atoms with Crippen LogP contribution in [-0.2, 0) is 24.8 Å². The lowest BCUT2D eigenvalue weighted by molar-refractivity contribution is 0.0730. The Bertz CT molecular complexity index is 1480. The van der Waals surface area contributed by atoms with Gasteiger partial charge in [0.1, 0.15) is 9.92 Å². The van der Waals surface area contributed by atoms with E-state index in [0.717, 1.165) is 0 Å². The molecule has 0 bridgehead atoms. The molecule has 1 aliphatic heterocycles. The van der Waals surface area contributed by atoms with Crippen LogP contribution in [0.2, 0.25) is 5.02 Å². The minimum atomic E-state index is -4.29. The van der Waals surface area contributed by atoms with Crippen LogP contribution < -0.4 is 10.5 Å². The van der Waals surface area contributed by atoms with E-state index < -0.39 is 25.8 Å². The topological polar surface area (TPSA) is 139 Å². The number of aromatic amines is 1. The van der Waals surface area contributed by atoms with Gasteiger partial charge >= 0.3 is 5.76 Å². The van der Waals surface area contributed by atoms with E-state index in [9.17, 15) is 21.6 Å². The molecule has 2 N–H and O–H groups in total. The number of nitrogens with one attached hydrogen (secondary N) is 2. The molecule has 1 saturated heterocycles. The maximum absolute atomic E-state index is 13.1. The third kappa shape index (κ3) is 4.20. The molecule has 1 fully saturated rings. The maximum atomic E-state index is 13.1. The third-order valence-corrected chi connectivity index (χ3v) is 9.73. The molecule has 10 nitrogen and oxygen atoms in total. The van der Waals surface area contributed by atoms with E-state index in [4.69, 9.17) is 20.8 Å². The standard InChI is InChI=1S/C18H17BrClN3O7S2/c1-10-2-3-11(8-14(10)32(27,28)23-4-6-29-7-5-23)22-31(25,26)17-12(19)9-13-16(15(17)20)30-18(24)21-13/h2-3,8-9,22H,4-7H2,1H3,(H,21,24). The van der Waals surface area contributed by atoms with Crippen LogP contribution in [0.15, 0.2) is 47.7 Å². The summed E-state index contributed by atoms with van der Waals surface area (Å²) in [5.74, 6) is -0.784. The number of hydrogen-bond acceptors (Lipinski definition) is 7. The molecule has 2 aromatic carbocycles. The maximum Gasteiger partial charge on any atom is 0.417 e. The molecule has 172 valence electrons. The van der Waals surface area contributed by atoms with Gasteiger partial charge in [0.15, 0.2) is 5.58 Å². The van der Waals surface area contributed by atoms with E-state index >= 15 is 0 Å². The minimum Gasteiger partial charge on any atom is -0.406 e. The Morgan fingerprint density at radius 3 is 2.53 bits per heavy atom. The lowest BCUT2D eigenvalue weighted by Crippen LogP contribution is -2.40. The van der Waals surface area contributed by atoms with Crippen molar-refractivity contribution < 1.29 is 26.0 Å². The predicted octanol–water partition coefficient (Wildman–Crippen LogP) is 2.67. The summed E-state index contributed by atoms with van der Waals surface area (Å²) in [6.45, 7) is 2.62. The minimum absolute atomic E-state index is 0.0168. The van der Waals surface area contributed by atoms with E-state index in [1.807, 2.05) is 0 Å². The van der Waals surface area contributed by atoms with E-state index in [1.165, 1.54) is 28.6 Å². The molecular weight excluding hydrogens is 550 g/mol. The van der Waals surface area contributed by atoms with Crippen molar-refractivity contribution in [2.24, 2.45) is 0 Å². The number of benzene rings is 2. The molecule has 4 rings (SSSR count). The number of H-pyrrole nitrogens is 1. The zero-order valence-electron chi connectivity index (χ0n) is 16.5. The van der Waals surface area contributed by atoms with Crippen molar-refractivity contribution in [1.29, 1.82) is 0 Å². The van der Waals surface area contributed by atoms with Gasteiger partial charge in [0, 0.05) is 17.6 Å². The van der Waals surface area contributed by atoms with E-state index in [-0.39, 0.29) is 62.4 Å². The molecule has 0 spiro atoms. The second kappa shape index (κ2) is 8.47. The first-order valence-electron chi connectivity index (χ1n) is 9.23. The van der Waals surface area contributed by atoms with Crippen LogP contribution in [-0.4, -0.2) is 52.4 Å². The van der Waals surface area contributed by atoms with Crippen molar-refractivity contribution in [2.45, 2.75) is 16.7 Å². The fraction of sp³-hybridized carbons (Fsp3) is 0.278. The van der Waals surface area contributed by atoms with Gasteiger partial charge in [-0.1, -0.05) is 17.7 Å². The van der Waals surface area contributed by atoms with Crippen LogP contribution in [0.1, 0.15) is 5.56 Å². The fourth-order valence-electron chi connectivity index (χ4n) is 3.32. The molecule has 3 aromatic rings.